The van der Waals surface area contributed by atoms with Crippen LogP contribution in [0.15, 0.2) is 54.6 Å². The molecule has 0 aliphatic carbocycles. The number of aliphatic hydroxyl groups is 1. The molecule has 2 aromatic carbocycles. The number of methoxy groups -OCH3 is 1. The van der Waals surface area contributed by atoms with Crippen LogP contribution in [0.2, 0.25) is 0 Å². The zero-order chi connectivity index (χ0) is 14.7. The lowest BCUT2D eigenvalue weighted by Crippen LogP contribution is -2.46. The van der Waals surface area contributed by atoms with Gasteiger partial charge in [-0.25, -0.2) is 0 Å². The zero-order valence-electron chi connectivity index (χ0n) is 12.3. The molecule has 1 N–H and O–H groups in total. The predicted molar refractivity (Wildman–Crippen MR) is 84.8 cm³/mol. The first-order chi connectivity index (χ1) is 10.2. The van der Waals surface area contributed by atoms with E-state index < -0.39 is 5.60 Å². The first-order valence-electron chi connectivity index (χ1n) is 7.38. The molecule has 1 heterocycles. The molecule has 0 aromatic heterocycles. The molecule has 0 bridgehead atoms. The van der Waals surface area contributed by atoms with E-state index in [4.69, 9.17) is 4.74 Å². The number of rotatable bonds is 3. The Bertz CT molecular complexity index is 599. The van der Waals surface area contributed by atoms with E-state index in [1.165, 1.54) is 5.69 Å². The molecule has 3 rings (SSSR count). The largest absolute Gasteiger partial charge is 0.497 e. The molecule has 0 saturated carbocycles. The molecule has 21 heavy (non-hydrogen) atoms. The Hall–Kier alpha value is -2.00. The second-order valence-electron chi connectivity index (χ2n) is 5.62. The standard InChI is InChI=1S/C18H21NO2/c1-21-17-10-5-7-15(13-17)18(20)11-6-12-19(14-18)16-8-3-2-4-9-16/h2-5,7-10,13,20H,6,11-12,14H2,1H3. The summed E-state index contributed by atoms with van der Waals surface area (Å²) in [6, 6.07) is 18.0. The smallest absolute Gasteiger partial charge is 0.119 e. The van der Waals surface area contributed by atoms with Crippen LogP contribution >= 0.6 is 0 Å². The minimum Gasteiger partial charge on any atom is -0.497 e. The zero-order valence-corrected chi connectivity index (χ0v) is 12.3. The third-order valence-corrected chi connectivity index (χ3v) is 4.20. The molecule has 1 aliphatic heterocycles. The van der Waals surface area contributed by atoms with E-state index in [0.717, 1.165) is 30.7 Å². The van der Waals surface area contributed by atoms with Crippen LogP contribution in [0.5, 0.6) is 5.75 Å². The number of piperidine rings is 1. The second-order valence-corrected chi connectivity index (χ2v) is 5.62. The molecule has 0 radical (unpaired) electrons. The fourth-order valence-electron chi connectivity index (χ4n) is 3.04. The van der Waals surface area contributed by atoms with Crippen molar-refractivity contribution in [1.29, 1.82) is 0 Å². The van der Waals surface area contributed by atoms with Gasteiger partial charge in [0.15, 0.2) is 0 Å². The van der Waals surface area contributed by atoms with Crippen molar-refractivity contribution in [2.75, 3.05) is 25.1 Å². The summed E-state index contributed by atoms with van der Waals surface area (Å²) in [6.45, 7) is 1.60. The molecular weight excluding hydrogens is 262 g/mol. The van der Waals surface area contributed by atoms with Crippen LogP contribution in [-0.4, -0.2) is 25.3 Å². The van der Waals surface area contributed by atoms with Gasteiger partial charge in [0.05, 0.1) is 13.7 Å². The first-order valence-corrected chi connectivity index (χ1v) is 7.38. The van der Waals surface area contributed by atoms with Gasteiger partial charge in [0.2, 0.25) is 0 Å². The van der Waals surface area contributed by atoms with Crippen LogP contribution in [0.3, 0.4) is 0 Å². The van der Waals surface area contributed by atoms with Gasteiger partial charge in [-0.2, -0.15) is 0 Å². The van der Waals surface area contributed by atoms with E-state index in [-0.39, 0.29) is 0 Å². The van der Waals surface area contributed by atoms with Crippen molar-refractivity contribution in [3.05, 3.63) is 60.2 Å². The van der Waals surface area contributed by atoms with Crippen molar-refractivity contribution in [3.8, 4) is 5.75 Å². The SMILES string of the molecule is COc1cccc(C2(O)CCCN(c3ccccc3)C2)c1. The van der Waals surface area contributed by atoms with Crippen molar-refractivity contribution in [1.82, 2.24) is 0 Å². The third kappa shape index (κ3) is 2.88. The minimum absolute atomic E-state index is 0.615. The average molecular weight is 283 g/mol. The molecule has 1 aliphatic rings. The summed E-state index contributed by atoms with van der Waals surface area (Å²) in [7, 11) is 1.65. The molecule has 110 valence electrons. The number of para-hydroxylation sites is 1. The summed E-state index contributed by atoms with van der Waals surface area (Å²) in [4.78, 5) is 2.25. The molecule has 1 unspecified atom stereocenters. The molecular formula is C18H21NO2. The lowest BCUT2D eigenvalue weighted by Gasteiger charge is -2.40. The van der Waals surface area contributed by atoms with Crippen LogP contribution in [0.25, 0.3) is 0 Å². The molecule has 1 atom stereocenters. The van der Waals surface area contributed by atoms with Crippen LogP contribution < -0.4 is 9.64 Å². The Morgan fingerprint density at radius 3 is 2.67 bits per heavy atom. The first kappa shape index (κ1) is 14.0. The third-order valence-electron chi connectivity index (χ3n) is 4.20. The maximum absolute atomic E-state index is 11.1. The number of benzene rings is 2. The van der Waals surface area contributed by atoms with E-state index in [9.17, 15) is 5.11 Å². The number of anilines is 1. The lowest BCUT2D eigenvalue weighted by atomic mass is 9.85. The van der Waals surface area contributed by atoms with Crippen LogP contribution in [0, 0.1) is 0 Å². The van der Waals surface area contributed by atoms with Gasteiger partial charge in [-0.1, -0.05) is 30.3 Å². The Morgan fingerprint density at radius 2 is 1.90 bits per heavy atom. The minimum atomic E-state index is -0.817. The molecule has 2 aromatic rings. The van der Waals surface area contributed by atoms with E-state index >= 15 is 0 Å². The van der Waals surface area contributed by atoms with Gasteiger partial charge in [-0.3, -0.25) is 0 Å². The number of hydrogen-bond donors (Lipinski definition) is 1. The Morgan fingerprint density at radius 1 is 1.10 bits per heavy atom. The maximum Gasteiger partial charge on any atom is 0.119 e. The number of β-amino-alcohol motifs (C(OH)–C–C–N with tert-alkyl or cyclic N) is 1. The molecule has 3 heteroatoms. The van der Waals surface area contributed by atoms with Crippen LogP contribution in [0.1, 0.15) is 18.4 Å². The Kier molecular flexibility index (Phi) is 3.84. The quantitative estimate of drug-likeness (QED) is 0.939. The highest BCUT2D eigenvalue weighted by molar-refractivity contribution is 5.48. The summed E-state index contributed by atoms with van der Waals surface area (Å²) in [5.74, 6) is 0.790. The summed E-state index contributed by atoms with van der Waals surface area (Å²) in [5, 5.41) is 11.1. The number of hydrogen-bond acceptors (Lipinski definition) is 3. The van der Waals surface area contributed by atoms with Gasteiger partial charge in [-0.05, 0) is 42.7 Å². The van der Waals surface area contributed by atoms with Gasteiger partial charge in [0.25, 0.3) is 0 Å². The van der Waals surface area contributed by atoms with Crippen molar-refractivity contribution < 1.29 is 9.84 Å². The summed E-state index contributed by atoms with van der Waals surface area (Å²) in [6.07, 6.45) is 1.76. The Labute approximate surface area is 125 Å². The lowest BCUT2D eigenvalue weighted by molar-refractivity contribution is 0.0217. The molecule has 1 saturated heterocycles. The van der Waals surface area contributed by atoms with E-state index in [2.05, 4.69) is 17.0 Å². The van der Waals surface area contributed by atoms with Crippen molar-refractivity contribution in [2.24, 2.45) is 0 Å². The van der Waals surface area contributed by atoms with Crippen molar-refractivity contribution in [2.45, 2.75) is 18.4 Å². The molecule has 1 fully saturated rings. The highest BCUT2D eigenvalue weighted by Gasteiger charge is 2.35. The molecule has 0 amide bonds. The second kappa shape index (κ2) is 5.78. The molecule has 0 spiro atoms. The number of ether oxygens (including phenoxy) is 1. The van der Waals surface area contributed by atoms with Gasteiger partial charge < -0.3 is 14.7 Å². The summed E-state index contributed by atoms with van der Waals surface area (Å²) in [5.41, 5.74) is 1.28. The molecule has 3 nitrogen and oxygen atoms in total. The van der Waals surface area contributed by atoms with E-state index in [1.807, 2.05) is 42.5 Å². The average Bonchev–Trinajstić information content (AvgIpc) is 2.56. The Balaban J connectivity index is 1.87. The van der Waals surface area contributed by atoms with Gasteiger partial charge >= 0.3 is 0 Å². The van der Waals surface area contributed by atoms with E-state index in [1.54, 1.807) is 7.11 Å². The summed E-state index contributed by atoms with van der Waals surface area (Å²) >= 11 is 0. The predicted octanol–water partition coefficient (Wildman–Crippen LogP) is 3.18. The number of nitrogens with zero attached hydrogens (tertiary/aromatic N) is 1. The maximum atomic E-state index is 11.1. The van der Waals surface area contributed by atoms with Gasteiger partial charge in [0, 0.05) is 12.2 Å². The van der Waals surface area contributed by atoms with E-state index in [0.29, 0.717) is 6.54 Å². The topological polar surface area (TPSA) is 32.7 Å². The van der Waals surface area contributed by atoms with Gasteiger partial charge in [-0.15, -0.1) is 0 Å². The monoisotopic (exact) mass is 283 g/mol. The van der Waals surface area contributed by atoms with Crippen molar-refractivity contribution in [3.63, 3.8) is 0 Å². The fraction of sp³-hybridized carbons (Fsp3) is 0.333. The fourth-order valence-corrected chi connectivity index (χ4v) is 3.04. The summed E-state index contributed by atoms with van der Waals surface area (Å²) < 4.78 is 5.28. The highest BCUT2D eigenvalue weighted by atomic mass is 16.5. The van der Waals surface area contributed by atoms with Crippen LogP contribution in [0.4, 0.5) is 5.69 Å². The van der Waals surface area contributed by atoms with Gasteiger partial charge in [0.1, 0.15) is 11.4 Å². The van der Waals surface area contributed by atoms with Crippen LogP contribution in [-0.2, 0) is 5.60 Å². The van der Waals surface area contributed by atoms with Crippen molar-refractivity contribution >= 4 is 5.69 Å². The highest BCUT2D eigenvalue weighted by Crippen LogP contribution is 2.34. The normalized spacial score (nSPS) is 22.1.